The highest BCUT2D eigenvalue weighted by molar-refractivity contribution is 5.95. The largest absolute Gasteiger partial charge is 0.497 e. The number of carbonyl (C=O) groups is 1. The first-order valence-electron chi connectivity index (χ1n) is 9.92. The van der Waals surface area contributed by atoms with E-state index in [9.17, 15) is 4.79 Å². The molecule has 1 aliphatic rings. The minimum absolute atomic E-state index is 0.0141. The summed E-state index contributed by atoms with van der Waals surface area (Å²) >= 11 is 0. The molecule has 30 heavy (non-hydrogen) atoms. The Balaban J connectivity index is 1.41. The van der Waals surface area contributed by atoms with Gasteiger partial charge < -0.3 is 24.4 Å². The molecule has 1 N–H and O–H groups in total. The van der Waals surface area contributed by atoms with Crippen LogP contribution in [0.1, 0.15) is 5.89 Å². The Morgan fingerprint density at radius 1 is 1.10 bits per heavy atom. The Morgan fingerprint density at radius 3 is 2.57 bits per heavy atom. The molecule has 1 saturated heterocycles. The highest BCUT2D eigenvalue weighted by Crippen LogP contribution is 2.27. The zero-order valence-electron chi connectivity index (χ0n) is 17.2. The molecule has 2 aromatic carbocycles. The number of amides is 1. The van der Waals surface area contributed by atoms with E-state index in [0.717, 1.165) is 48.9 Å². The number of rotatable bonds is 6. The molecule has 2 heterocycles. The van der Waals surface area contributed by atoms with Crippen molar-refractivity contribution in [1.82, 2.24) is 15.0 Å². The summed E-state index contributed by atoms with van der Waals surface area (Å²) in [4.78, 5) is 21.6. The van der Waals surface area contributed by atoms with Crippen molar-refractivity contribution in [2.75, 3.05) is 50.6 Å². The summed E-state index contributed by atoms with van der Waals surface area (Å²) in [7, 11) is 3.73. The molecule has 156 valence electrons. The topological polar surface area (TPSA) is 83.7 Å². The lowest BCUT2D eigenvalue weighted by Crippen LogP contribution is -2.44. The maximum Gasteiger partial charge on any atom is 0.236 e. The third-order valence-electron chi connectivity index (χ3n) is 5.15. The summed E-state index contributed by atoms with van der Waals surface area (Å²) in [6.45, 7) is 3.85. The van der Waals surface area contributed by atoms with Crippen molar-refractivity contribution in [3.8, 4) is 17.1 Å². The summed E-state index contributed by atoms with van der Waals surface area (Å²) < 4.78 is 10.4. The molecule has 0 bridgehead atoms. The molecule has 1 aromatic heterocycles. The second kappa shape index (κ2) is 8.96. The molecule has 8 nitrogen and oxygen atoms in total. The van der Waals surface area contributed by atoms with Gasteiger partial charge in [0.1, 0.15) is 12.2 Å². The quantitative estimate of drug-likeness (QED) is 0.673. The lowest BCUT2D eigenvalue weighted by molar-refractivity contribution is -0.115. The van der Waals surface area contributed by atoms with Crippen LogP contribution in [0.15, 0.2) is 53.1 Å². The highest BCUT2D eigenvalue weighted by Gasteiger charge is 2.19. The molecule has 0 atom stereocenters. The Labute approximate surface area is 175 Å². The third-order valence-corrected chi connectivity index (χ3v) is 5.15. The van der Waals surface area contributed by atoms with Crippen LogP contribution in [0.2, 0.25) is 0 Å². The smallest absolute Gasteiger partial charge is 0.236 e. The van der Waals surface area contributed by atoms with Gasteiger partial charge in [-0.3, -0.25) is 4.79 Å². The van der Waals surface area contributed by atoms with Crippen LogP contribution in [0.3, 0.4) is 0 Å². The minimum Gasteiger partial charge on any atom is -0.497 e. The van der Waals surface area contributed by atoms with Gasteiger partial charge in [-0.1, -0.05) is 17.3 Å². The number of methoxy groups -OCH3 is 1. The van der Waals surface area contributed by atoms with Crippen LogP contribution in [-0.4, -0.2) is 61.3 Å². The Bertz CT molecular complexity index is 994. The van der Waals surface area contributed by atoms with E-state index in [1.165, 1.54) is 0 Å². The van der Waals surface area contributed by atoms with Gasteiger partial charge in [0.15, 0.2) is 0 Å². The average molecular weight is 407 g/mol. The van der Waals surface area contributed by atoms with Crippen LogP contribution in [0.4, 0.5) is 11.4 Å². The summed E-state index contributed by atoms with van der Waals surface area (Å²) in [5, 5.41) is 6.97. The van der Waals surface area contributed by atoms with E-state index in [1.54, 1.807) is 7.11 Å². The second-order valence-electron chi connectivity index (χ2n) is 7.27. The number of nitrogens with zero attached hydrogens (tertiary/aromatic N) is 4. The Kier molecular flexibility index (Phi) is 5.94. The van der Waals surface area contributed by atoms with E-state index in [0.29, 0.717) is 5.82 Å². The number of carbonyl (C=O) groups excluding carboxylic acids is 1. The molecule has 4 rings (SSSR count). The van der Waals surface area contributed by atoms with Crippen LogP contribution in [0.25, 0.3) is 11.4 Å². The van der Waals surface area contributed by atoms with E-state index in [1.807, 2.05) is 48.5 Å². The van der Waals surface area contributed by atoms with E-state index in [4.69, 9.17) is 9.26 Å². The van der Waals surface area contributed by atoms with Crippen LogP contribution >= 0.6 is 0 Å². The number of anilines is 2. The van der Waals surface area contributed by atoms with Gasteiger partial charge >= 0.3 is 0 Å². The lowest BCUT2D eigenvalue weighted by atomic mass is 10.2. The Morgan fingerprint density at radius 2 is 1.83 bits per heavy atom. The summed E-state index contributed by atoms with van der Waals surface area (Å²) in [6.07, 6.45) is 0.0141. The third kappa shape index (κ3) is 4.60. The molecule has 0 unspecified atom stereocenters. The van der Waals surface area contributed by atoms with E-state index < -0.39 is 0 Å². The van der Waals surface area contributed by atoms with Crippen molar-refractivity contribution in [3.05, 3.63) is 54.4 Å². The SMILES string of the molecule is COc1ccc(-c2noc(CC(=O)Nc3ccccc3N3CCN(C)CC3)n2)cc1. The number of hydrogen-bond acceptors (Lipinski definition) is 7. The molecule has 0 saturated carbocycles. The fraction of sp³-hybridized carbons (Fsp3) is 0.318. The first kappa shape index (κ1) is 19.9. The van der Waals surface area contributed by atoms with E-state index in [2.05, 4.69) is 32.3 Å². The van der Waals surface area contributed by atoms with Crippen molar-refractivity contribution in [1.29, 1.82) is 0 Å². The molecule has 1 fully saturated rings. The summed E-state index contributed by atoms with van der Waals surface area (Å²) in [5.74, 6) is 1.27. The molecular weight excluding hydrogens is 382 g/mol. The van der Waals surface area contributed by atoms with Crippen LogP contribution in [0, 0.1) is 0 Å². The predicted octanol–water partition coefficient (Wildman–Crippen LogP) is 2.68. The van der Waals surface area contributed by atoms with Gasteiger partial charge in [0.2, 0.25) is 17.6 Å². The fourth-order valence-corrected chi connectivity index (χ4v) is 3.42. The average Bonchev–Trinajstić information content (AvgIpc) is 3.23. The number of piperazine rings is 1. The number of aromatic nitrogens is 2. The van der Waals surface area contributed by atoms with Crippen molar-refractivity contribution >= 4 is 17.3 Å². The molecule has 1 aliphatic heterocycles. The fourth-order valence-electron chi connectivity index (χ4n) is 3.42. The monoisotopic (exact) mass is 407 g/mol. The molecule has 1 amide bonds. The molecule has 3 aromatic rings. The zero-order chi connectivity index (χ0) is 20.9. The van der Waals surface area contributed by atoms with Crippen molar-refractivity contribution < 1.29 is 14.1 Å². The maximum atomic E-state index is 12.6. The van der Waals surface area contributed by atoms with Gasteiger partial charge in [-0.2, -0.15) is 4.98 Å². The molecule has 0 spiro atoms. The molecular formula is C22H25N5O3. The van der Waals surface area contributed by atoms with Gasteiger partial charge in [-0.15, -0.1) is 0 Å². The van der Waals surface area contributed by atoms with Gasteiger partial charge in [-0.25, -0.2) is 0 Å². The lowest BCUT2D eigenvalue weighted by Gasteiger charge is -2.35. The predicted molar refractivity (Wildman–Crippen MR) is 115 cm³/mol. The standard InChI is InChI=1S/C22H25N5O3/c1-26-11-13-27(14-12-26)19-6-4-3-5-18(19)23-20(28)15-21-24-22(25-30-21)16-7-9-17(29-2)10-8-16/h3-10H,11-15H2,1-2H3,(H,23,28). The van der Waals surface area contributed by atoms with Crippen molar-refractivity contribution in [2.24, 2.45) is 0 Å². The van der Waals surface area contributed by atoms with Crippen LogP contribution < -0.4 is 15.0 Å². The summed E-state index contributed by atoms with van der Waals surface area (Å²) in [6, 6.07) is 15.2. The molecule has 8 heteroatoms. The van der Waals surface area contributed by atoms with Crippen molar-refractivity contribution in [3.63, 3.8) is 0 Å². The van der Waals surface area contributed by atoms with Crippen LogP contribution in [0.5, 0.6) is 5.75 Å². The summed E-state index contributed by atoms with van der Waals surface area (Å²) in [5.41, 5.74) is 2.62. The number of nitrogens with one attached hydrogen (secondary N) is 1. The van der Waals surface area contributed by atoms with E-state index >= 15 is 0 Å². The molecule has 0 radical (unpaired) electrons. The number of hydrogen-bond donors (Lipinski definition) is 1. The first-order chi connectivity index (χ1) is 14.6. The normalized spacial score (nSPS) is 14.5. The number of ether oxygens (including phenoxy) is 1. The van der Waals surface area contributed by atoms with Gasteiger partial charge in [0.05, 0.1) is 18.5 Å². The minimum atomic E-state index is -0.193. The first-order valence-corrected chi connectivity index (χ1v) is 9.92. The Hall–Kier alpha value is -3.39. The maximum absolute atomic E-state index is 12.6. The zero-order valence-corrected chi connectivity index (χ0v) is 17.2. The number of para-hydroxylation sites is 2. The van der Waals surface area contributed by atoms with Crippen LogP contribution in [-0.2, 0) is 11.2 Å². The van der Waals surface area contributed by atoms with Crippen molar-refractivity contribution in [2.45, 2.75) is 6.42 Å². The van der Waals surface area contributed by atoms with Gasteiger partial charge in [0, 0.05) is 31.7 Å². The van der Waals surface area contributed by atoms with Gasteiger partial charge in [0.25, 0.3) is 0 Å². The molecule has 0 aliphatic carbocycles. The highest BCUT2D eigenvalue weighted by atomic mass is 16.5. The number of benzene rings is 2. The number of likely N-dealkylation sites (N-methyl/N-ethyl adjacent to an activating group) is 1. The second-order valence-corrected chi connectivity index (χ2v) is 7.27. The van der Waals surface area contributed by atoms with E-state index in [-0.39, 0.29) is 18.2 Å². The van der Waals surface area contributed by atoms with Gasteiger partial charge in [-0.05, 0) is 43.4 Å².